The van der Waals surface area contributed by atoms with E-state index in [1.54, 1.807) is 0 Å². The molecule has 25 heavy (non-hydrogen) atoms. The normalized spacial score (nSPS) is 39.8. The summed E-state index contributed by atoms with van der Waals surface area (Å²) < 4.78 is 14.9. The van der Waals surface area contributed by atoms with Gasteiger partial charge in [-0.3, -0.25) is 0 Å². The van der Waals surface area contributed by atoms with Crippen molar-refractivity contribution in [3.05, 3.63) is 0 Å². The minimum Gasteiger partial charge on any atom is -0.396 e. The Morgan fingerprint density at radius 3 is 1.84 bits per heavy atom. The summed E-state index contributed by atoms with van der Waals surface area (Å²) in [6.07, 6.45) is 15.1. The summed E-state index contributed by atoms with van der Waals surface area (Å²) in [6.45, 7) is 5.07. The van der Waals surface area contributed by atoms with Gasteiger partial charge in [0.25, 0.3) is 0 Å². The van der Waals surface area contributed by atoms with Gasteiger partial charge in [0.15, 0.2) is 0 Å². The fourth-order valence-electron chi connectivity index (χ4n) is 7.44. The third-order valence-corrected chi connectivity index (χ3v) is 14.0. The molecule has 0 spiro atoms. The van der Waals surface area contributed by atoms with Gasteiger partial charge in [0.1, 0.15) is 0 Å². The van der Waals surface area contributed by atoms with E-state index in [4.69, 9.17) is 0 Å². The molecule has 5 aliphatic rings. The second-order valence-electron chi connectivity index (χ2n) is 10.4. The van der Waals surface area contributed by atoms with Crippen LogP contribution in [0.3, 0.4) is 0 Å². The highest BCUT2D eigenvalue weighted by Gasteiger charge is 2.62. The first-order valence-corrected chi connectivity index (χ1v) is 13.1. The van der Waals surface area contributed by atoms with Crippen LogP contribution in [-0.2, 0) is 4.57 Å². The average molecular weight is 367 g/mol. The molecule has 2 nitrogen and oxygen atoms in total. The molecule has 0 amide bonds. The van der Waals surface area contributed by atoms with Crippen molar-refractivity contribution in [1.82, 2.24) is 0 Å². The van der Waals surface area contributed by atoms with Crippen molar-refractivity contribution in [2.24, 2.45) is 23.2 Å². The number of fused-ring (bicyclic) bond motifs is 2. The maximum absolute atomic E-state index is 14.9. The van der Waals surface area contributed by atoms with Crippen LogP contribution >= 0.6 is 7.14 Å². The standard InChI is InChI=1S/C22H39O2P/c1-22(2)16-13-20(22)19(15-23)21(14-16)25(24,17-9-5-3-6-10-17)18-11-7-4-8-12-18/h16-21,23H,3-15H2,1-2H3. The van der Waals surface area contributed by atoms with Crippen LogP contribution < -0.4 is 0 Å². The number of aliphatic hydroxyl groups excluding tert-OH is 1. The van der Waals surface area contributed by atoms with Crippen LogP contribution in [0.25, 0.3) is 0 Å². The van der Waals surface area contributed by atoms with Gasteiger partial charge in [-0.05, 0) is 61.7 Å². The van der Waals surface area contributed by atoms with Gasteiger partial charge in [0, 0.05) is 23.6 Å². The van der Waals surface area contributed by atoms with E-state index < -0.39 is 7.14 Å². The van der Waals surface area contributed by atoms with E-state index in [-0.39, 0.29) is 6.61 Å². The Morgan fingerprint density at radius 2 is 1.40 bits per heavy atom. The predicted octanol–water partition coefficient (Wildman–Crippen LogP) is 6.06. The van der Waals surface area contributed by atoms with Crippen molar-refractivity contribution in [2.45, 2.75) is 108 Å². The van der Waals surface area contributed by atoms with Crippen LogP contribution in [0.4, 0.5) is 0 Å². The van der Waals surface area contributed by atoms with E-state index >= 15 is 0 Å². The molecule has 1 N–H and O–H groups in total. The summed E-state index contributed by atoms with van der Waals surface area (Å²) in [6, 6.07) is 0. The van der Waals surface area contributed by atoms with E-state index in [9.17, 15) is 9.67 Å². The van der Waals surface area contributed by atoms with E-state index in [0.717, 1.165) is 12.3 Å². The molecule has 0 saturated heterocycles. The van der Waals surface area contributed by atoms with Gasteiger partial charge in [0.05, 0.1) is 7.14 Å². The summed E-state index contributed by atoms with van der Waals surface area (Å²) in [4.78, 5) is 0. The van der Waals surface area contributed by atoms with Gasteiger partial charge in [-0.15, -0.1) is 0 Å². The molecule has 0 aromatic rings. The number of hydrogen-bond acceptors (Lipinski definition) is 2. The lowest BCUT2D eigenvalue weighted by atomic mass is 9.45. The smallest absolute Gasteiger partial charge is 0.0968 e. The molecule has 4 unspecified atom stereocenters. The Balaban J connectivity index is 1.66. The van der Waals surface area contributed by atoms with Crippen molar-refractivity contribution < 1.29 is 9.67 Å². The molecular weight excluding hydrogens is 327 g/mol. The molecule has 5 saturated carbocycles. The maximum Gasteiger partial charge on any atom is 0.0968 e. The molecule has 2 bridgehead atoms. The van der Waals surface area contributed by atoms with E-state index in [0.29, 0.717) is 34.2 Å². The fourth-order valence-corrected chi connectivity index (χ4v) is 12.9. The van der Waals surface area contributed by atoms with Gasteiger partial charge in [-0.2, -0.15) is 0 Å². The Labute approximate surface area is 154 Å². The minimum absolute atomic E-state index is 0.273. The molecule has 5 rings (SSSR count). The lowest BCUT2D eigenvalue weighted by Gasteiger charge is -2.64. The molecule has 5 fully saturated rings. The SMILES string of the molecule is CC1(C)C2CC1C(CO)C(P(=O)(C1CCCCC1)C1CCCCC1)C2. The third kappa shape index (κ3) is 2.89. The van der Waals surface area contributed by atoms with Crippen LogP contribution in [-0.4, -0.2) is 28.7 Å². The minimum atomic E-state index is -2.24. The third-order valence-electron chi connectivity index (χ3n) is 9.10. The Kier molecular flexibility index (Phi) is 5.17. The summed E-state index contributed by atoms with van der Waals surface area (Å²) >= 11 is 0. The molecule has 144 valence electrons. The number of rotatable bonds is 4. The second kappa shape index (κ2) is 6.97. The molecule has 0 aliphatic heterocycles. The summed E-state index contributed by atoms with van der Waals surface area (Å²) in [5.41, 5.74) is 1.70. The molecule has 3 heteroatoms. The lowest BCUT2D eigenvalue weighted by Crippen LogP contribution is -2.59. The zero-order chi connectivity index (χ0) is 17.7. The monoisotopic (exact) mass is 366 g/mol. The maximum atomic E-state index is 14.9. The van der Waals surface area contributed by atoms with Gasteiger partial charge in [0.2, 0.25) is 0 Å². The zero-order valence-electron chi connectivity index (χ0n) is 16.5. The van der Waals surface area contributed by atoms with Gasteiger partial charge < -0.3 is 9.67 Å². The van der Waals surface area contributed by atoms with E-state index in [1.807, 2.05) is 0 Å². The first kappa shape index (κ1) is 18.5. The van der Waals surface area contributed by atoms with Crippen molar-refractivity contribution in [2.75, 3.05) is 6.61 Å². The number of hydrogen-bond donors (Lipinski definition) is 1. The molecule has 0 heterocycles. The van der Waals surface area contributed by atoms with Crippen LogP contribution in [0.1, 0.15) is 90.9 Å². The number of aliphatic hydroxyl groups is 1. The van der Waals surface area contributed by atoms with Gasteiger partial charge >= 0.3 is 0 Å². The molecule has 4 atom stereocenters. The van der Waals surface area contributed by atoms with Crippen molar-refractivity contribution in [3.8, 4) is 0 Å². The molecule has 0 aromatic heterocycles. The second-order valence-corrected chi connectivity index (χ2v) is 14.0. The van der Waals surface area contributed by atoms with Crippen molar-refractivity contribution in [3.63, 3.8) is 0 Å². The topological polar surface area (TPSA) is 37.3 Å². The quantitative estimate of drug-likeness (QED) is 0.614. The molecular formula is C22H39O2P. The first-order chi connectivity index (χ1) is 12.0. The van der Waals surface area contributed by atoms with Crippen LogP contribution in [0.2, 0.25) is 0 Å². The van der Waals surface area contributed by atoms with E-state index in [2.05, 4.69) is 13.8 Å². The highest BCUT2D eigenvalue weighted by atomic mass is 31.2. The van der Waals surface area contributed by atoms with Crippen LogP contribution in [0.15, 0.2) is 0 Å². The van der Waals surface area contributed by atoms with Gasteiger partial charge in [-0.25, -0.2) is 0 Å². The first-order valence-electron chi connectivity index (χ1n) is 11.2. The Morgan fingerprint density at radius 1 is 0.880 bits per heavy atom. The highest BCUT2D eigenvalue weighted by molar-refractivity contribution is 7.66. The summed E-state index contributed by atoms with van der Waals surface area (Å²) in [5.74, 6) is 1.68. The predicted molar refractivity (Wildman–Crippen MR) is 106 cm³/mol. The Hall–Kier alpha value is 0.190. The zero-order valence-corrected chi connectivity index (χ0v) is 17.4. The van der Waals surface area contributed by atoms with Gasteiger partial charge in [-0.1, -0.05) is 52.4 Å². The Bertz CT molecular complexity index is 494. The molecule has 0 radical (unpaired) electrons. The average Bonchev–Trinajstić information content (AvgIpc) is 2.68. The van der Waals surface area contributed by atoms with Crippen LogP contribution in [0.5, 0.6) is 0 Å². The largest absolute Gasteiger partial charge is 0.396 e. The van der Waals surface area contributed by atoms with E-state index in [1.165, 1.54) is 70.6 Å². The molecule has 0 aromatic carbocycles. The fraction of sp³-hybridized carbons (Fsp3) is 1.00. The summed E-state index contributed by atoms with van der Waals surface area (Å²) in [5, 5.41) is 10.3. The summed E-state index contributed by atoms with van der Waals surface area (Å²) in [7, 11) is -2.24. The highest BCUT2D eigenvalue weighted by Crippen LogP contribution is 2.74. The lowest BCUT2D eigenvalue weighted by molar-refractivity contribution is -0.114. The molecule has 5 aliphatic carbocycles. The van der Waals surface area contributed by atoms with Crippen molar-refractivity contribution >= 4 is 7.14 Å². The van der Waals surface area contributed by atoms with Crippen LogP contribution in [0, 0.1) is 23.2 Å². The van der Waals surface area contributed by atoms with Crippen molar-refractivity contribution in [1.29, 1.82) is 0 Å².